The highest BCUT2D eigenvalue weighted by Crippen LogP contribution is 2.16. The van der Waals surface area contributed by atoms with E-state index in [0.717, 1.165) is 0 Å². The van der Waals surface area contributed by atoms with Crippen molar-refractivity contribution in [3.63, 3.8) is 0 Å². The summed E-state index contributed by atoms with van der Waals surface area (Å²) in [6.07, 6.45) is 1.75. The molecule has 3 amide bonds. The van der Waals surface area contributed by atoms with Crippen molar-refractivity contribution in [1.82, 2.24) is 15.5 Å². The molecule has 1 fully saturated rings. The van der Waals surface area contributed by atoms with Gasteiger partial charge in [0, 0.05) is 13.0 Å². The van der Waals surface area contributed by atoms with Crippen LogP contribution in [0.4, 0.5) is 10.5 Å². The predicted molar refractivity (Wildman–Crippen MR) is 57.1 cm³/mol. The number of hydrogen-bond donors (Lipinski definition) is 1. The number of nitrogens with zero attached hydrogens (tertiary/aromatic N) is 3. The van der Waals surface area contributed by atoms with E-state index in [4.69, 9.17) is 11.6 Å². The largest absolute Gasteiger partial charge is 0.328 e. The summed E-state index contributed by atoms with van der Waals surface area (Å²) < 4.78 is 0. The molecule has 0 bridgehead atoms. The molecule has 1 saturated heterocycles. The van der Waals surface area contributed by atoms with Crippen LogP contribution in [0.5, 0.6) is 0 Å². The number of carbonyl (C=O) groups excluding carboxylic acids is 2. The molecule has 0 atom stereocenters. The fourth-order valence-corrected chi connectivity index (χ4v) is 1.55. The van der Waals surface area contributed by atoms with E-state index in [0.29, 0.717) is 17.9 Å². The van der Waals surface area contributed by atoms with Crippen molar-refractivity contribution in [2.45, 2.75) is 12.3 Å². The predicted octanol–water partition coefficient (Wildman–Crippen LogP) is 0.662. The summed E-state index contributed by atoms with van der Waals surface area (Å²) in [5.41, 5.74) is 1.18. The Balaban J connectivity index is 2.23. The van der Waals surface area contributed by atoms with Gasteiger partial charge in [-0.3, -0.25) is 15.0 Å². The van der Waals surface area contributed by atoms with E-state index in [9.17, 15) is 9.59 Å². The molecule has 0 aliphatic carbocycles. The molecule has 1 aliphatic rings. The monoisotopic (exact) mass is 240 g/mol. The lowest BCUT2D eigenvalue weighted by molar-refractivity contribution is -0.120. The summed E-state index contributed by atoms with van der Waals surface area (Å²) in [6, 6.07) is 1.24. The number of halogens is 1. The number of imide groups is 1. The van der Waals surface area contributed by atoms with Gasteiger partial charge in [-0.25, -0.2) is 4.79 Å². The summed E-state index contributed by atoms with van der Waals surface area (Å²) in [5, 5.41) is 9.76. The first-order valence-corrected chi connectivity index (χ1v) is 5.23. The van der Waals surface area contributed by atoms with Crippen LogP contribution in [0.15, 0.2) is 12.3 Å². The van der Waals surface area contributed by atoms with E-state index >= 15 is 0 Å². The fraction of sp³-hybridized carbons (Fsp3) is 0.333. The molecule has 7 heteroatoms. The number of urea groups is 1. The normalized spacial score (nSPS) is 16.2. The summed E-state index contributed by atoms with van der Waals surface area (Å²) in [7, 11) is 0. The van der Waals surface area contributed by atoms with E-state index in [1.807, 2.05) is 0 Å². The molecule has 1 aromatic heterocycles. The first-order valence-electron chi connectivity index (χ1n) is 4.69. The van der Waals surface area contributed by atoms with Gasteiger partial charge in [0.1, 0.15) is 0 Å². The van der Waals surface area contributed by atoms with Crippen LogP contribution in [0.25, 0.3) is 0 Å². The number of anilines is 1. The molecule has 0 spiro atoms. The number of aromatic nitrogens is 2. The number of hydrogen-bond acceptors (Lipinski definition) is 4. The van der Waals surface area contributed by atoms with Gasteiger partial charge in [0.15, 0.2) is 0 Å². The summed E-state index contributed by atoms with van der Waals surface area (Å²) in [5.74, 6) is -0.0317. The smallest absolute Gasteiger partial charge is 0.292 e. The van der Waals surface area contributed by atoms with Crippen molar-refractivity contribution in [2.75, 3.05) is 11.4 Å². The van der Waals surface area contributed by atoms with Crippen molar-refractivity contribution in [2.24, 2.45) is 0 Å². The Labute approximate surface area is 96.6 Å². The Morgan fingerprint density at radius 1 is 1.50 bits per heavy atom. The first-order chi connectivity index (χ1) is 7.70. The molecule has 2 heterocycles. The van der Waals surface area contributed by atoms with Gasteiger partial charge in [0.05, 0.1) is 23.5 Å². The van der Waals surface area contributed by atoms with Crippen LogP contribution in [-0.2, 0) is 10.7 Å². The number of alkyl halides is 1. The fourth-order valence-electron chi connectivity index (χ4n) is 1.42. The van der Waals surface area contributed by atoms with Gasteiger partial charge in [-0.2, -0.15) is 10.2 Å². The number of rotatable bonds is 2. The molecule has 84 valence electrons. The highest BCUT2D eigenvalue weighted by atomic mass is 35.5. The number of carbonyl (C=O) groups is 2. The van der Waals surface area contributed by atoms with Crippen molar-refractivity contribution < 1.29 is 9.59 Å². The van der Waals surface area contributed by atoms with Crippen LogP contribution in [0.2, 0.25) is 0 Å². The Hall–Kier alpha value is -1.69. The molecule has 0 saturated carbocycles. The summed E-state index contributed by atoms with van der Waals surface area (Å²) >= 11 is 5.62. The van der Waals surface area contributed by atoms with Gasteiger partial charge in [-0.05, 0) is 6.07 Å². The number of nitrogens with one attached hydrogen (secondary N) is 1. The zero-order valence-electron chi connectivity index (χ0n) is 8.31. The maximum Gasteiger partial charge on any atom is 0.328 e. The Morgan fingerprint density at radius 3 is 3.00 bits per heavy atom. The van der Waals surface area contributed by atoms with Gasteiger partial charge >= 0.3 is 6.03 Å². The molecule has 16 heavy (non-hydrogen) atoms. The Bertz CT molecular complexity index is 437. The van der Waals surface area contributed by atoms with Crippen molar-refractivity contribution in [3.05, 3.63) is 18.0 Å². The topological polar surface area (TPSA) is 75.2 Å². The molecule has 2 rings (SSSR count). The molecule has 6 nitrogen and oxygen atoms in total. The second-order valence-corrected chi connectivity index (χ2v) is 3.56. The van der Waals surface area contributed by atoms with Crippen LogP contribution in [0.1, 0.15) is 12.1 Å². The molecule has 1 aliphatic heterocycles. The van der Waals surface area contributed by atoms with Crippen LogP contribution in [0, 0.1) is 0 Å². The third-order valence-corrected chi connectivity index (χ3v) is 2.47. The van der Waals surface area contributed by atoms with E-state index < -0.39 is 6.03 Å². The van der Waals surface area contributed by atoms with Crippen LogP contribution in [-0.4, -0.2) is 28.7 Å². The molecule has 0 radical (unpaired) electrons. The van der Waals surface area contributed by atoms with Crippen LogP contribution in [0.3, 0.4) is 0 Å². The molecule has 1 aromatic rings. The van der Waals surface area contributed by atoms with Crippen LogP contribution >= 0.6 is 11.6 Å². The maximum absolute atomic E-state index is 11.5. The lowest BCUT2D eigenvalue weighted by Crippen LogP contribution is -2.49. The van der Waals surface area contributed by atoms with Gasteiger partial charge in [0.2, 0.25) is 5.91 Å². The third kappa shape index (κ3) is 2.11. The molecule has 1 N–H and O–H groups in total. The second kappa shape index (κ2) is 4.44. The van der Waals surface area contributed by atoms with Gasteiger partial charge in [-0.15, -0.1) is 11.6 Å². The van der Waals surface area contributed by atoms with E-state index in [1.54, 1.807) is 6.07 Å². The number of amides is 3. The minimum absolute atomic E-state index is 0.231. The summed E-state index contributed by atoms with van der Waals surface area (Å²) in [6.45, 7) is 0.345. The van der Waals surface area contributed by atoms with Crippen molar-refractivity contribution in [3.8, 4) is 0 Å². The van der Waals surface area contributed by atoms with E-state index in [2.05, 4.69) is 15.5 Å². The molecule has 0 unspecified atom stereocenters. The first kappa shape index (κ1) is 10.8. The second-order valence-electron chi connectivity index (χ2n) is 3.29. The van der Waals surface area contributed by atoms with E-state index in [1.165, 1.54) is 11.1 Å². The Kier molecular flexibility index (Phi) is 3.00. The van der Waals surface area contributed by atoms with Crippen LogP contribution < -0.4 is 10.2 Å². The third-order valence-electron chi connectivity index (χ3n) is 2.19. The molecular weight excluding hydrogens is 232 g/mol. The lowest BCUT2D eigenvalue weighted by Gasteiger charge is -2.26. The maximum atomic E-state index is 11.5. The SMILES string of the molecule is O=C1CCN(c2cnnc(CCl)c2)C(=O)N1. The van der Waals surface area contributed by atoms with Crippen molar-refractivity contribution >= 4 is 29.2 Å². The highest BCUT2D eigenvalue weighted by molar-refractivity contribution is 6.17. The lowest BCUT2D eigenvalue weighted by atomic mass is 10.2. The van der Waals surface area contributed by atoms with Gasteiger partial charge < -0.3 is 0 Å². The molecular formula is C9H9ClN4O2. The van der Waals surface area contributed by atoms with Gasteiger partial charge in [0.25, 0.3) is 0 Å². The minimum Gasteiger partial charge on any atom is -0.292 e. The standard InChI is InChI=1S/C9H9ClN4O2/c10-4-6-3-7(5-11-13-6)14-2-1-8(15)12-9(14)16/h3,5H,1-2,4H2,(H,12,15,16). The minimum atomic E-state index is -0.440. The highest BCUT2D eigenvalue weighted by Gasteiger charge is 2.24. The zero-order valence-corrected chi connectivity index (χ0v) is 9.07. The molecule has 0 aromatic carbocycles. The summed E-state index contributed by atoms with van der Waals surface area (Å²) in [4.78, 5) is 23.9. The van der Waals surface area contributed by atoms with Gasteiger partial charge in [-0.1, -0.05) is 0 Å². The quantitative estimate of drug-likeness (QED) is 0.771. The van der Waals surface area contributed by atoms with E-state index in [-0.39, 0.29) is 18.2 Å². The average Bonchev–Trinajstić information content (AvgIpc) is 2.29. The van der Waals surface area contributed by atoms with Crippen molar-refractivity contribution in [1.29, 1.82) is 0 Å². The Morgan fingerprint density at radius 2 is 2.31 bits per heavy atom. The zero-order chi connectivity index (χ0) is 11.5. The average molecular weight is 241 g/mol.